The molecule has 0 amide bonds. The first-order chi connectivity index (χ1) is 12.5. The summed E-state index contributed by atoms with van der Waals surface area (Å²) in [5.74, 6) is 1.84. The van der Waals surface area contributed by atoms with Crippen LogP contribution < -0.4 is 0 Å². The molecule has 0 saturated heterocycles. The Kier molecular flexibility index (Phi) is 4.64. The zero-order valence-electron chi connectivity index (χ0n) is 15.4. The Hall–Kier alpha value is -1.67. The molecule has 0 aliphatic heterocycles. The highest BCUT2D eigenvalue weighted by Gasteiger charge is 2.26. The zero-order valence-corrected chi connectivity index (χ0v) is 17.0. The highest BCUT2D eigenvalue weighted by Crippen LogP contribution is 2.40. The summed E-state index contributed by atoms with van der Waals surface area (Å²) in [5, 5.41) is 10.7. The van der Waals surface area contributed by atoms with Crippen molar-refractivity contribution in [3.8, 4) is 0 Å². The van der Waals surface area contributed by atoms with Gasteiger partial charge in [-0.3, -0.25) is 9.20 Å². The number of fused-ring (bicyclic) bond motifs is 5. The quantitative estimate of drug-likeness (QED) is 0.498. The maximum absolute atomic E-state index is 11.5. The lowest BCUT2D eigenvalue weighted by atomic mass is 9.89. The number of esters is 1. The van der Waals surface area contributed by atoms with E-state index in [9.17, 15) is 4.79 Å². The van der Waals surface area contributed by atoms with E-state index in [1.807, 2.05) is 15.7 Å². The lowest BCUT2D eigenvalue weighted by Gasteiger charge is -2.17. The van der Waals surface area contributed by atoms with E-state index in [-0.39, 0.29) is 17.6 Å². The first kappa shape index (κ1) is 17.7. The number of aryl methyl sites for hydroxylation is 1. The topological polar surface area (TPSA) is 69.4 Å². The van der Waals surface area contributed by atoms with Crippen LogP contribution in [0.5, 0.6) is 0 Å². The number of thiophene rings is 1. The third kappa shape index (κ3) is 2.89. The second-order valence-corrected chi connectivity index (χ2v) is 9.19. The van der Waals surface area contributed by atoms with E-state index in [1.165, 1.54) is 35.7 Å². The first-order valence-corrected chi connectivity index (χ1v) is 10.7. The lowest BCUT2D eigenvalue weighted by Crippen LogP contribution is -2.09. The second kappa shape index (κ2) is 6.81. The van der Waals surface area contributed by atoms with E-state index in [1.54, 1.807) is 0 Å². The number of carbonyl (C=O) groups excluding carboxylic acids is 1. The van der Waals surface area contributed by atoms with Crippen LogP contribution in [0.2, 0.25) is 0 Å². The second-order valence-electron chi connectivity index (χ2n) is 7.16. The van der Waals surface area contributed by atoms with E-state index in [0.717, 1.165) is 40.4 Å². The largest absolute Gasteiger partial charge is 0.468 e. The van der Waals surface area contributed by atoms with E-state index >= 15 is 0 Å². The standard InChI is InChI=1S/C18H22N4O2S2/c1-9(2)15-19-17-14(11-6-5-10(3)7-12(11)26-17)16-20-21-18(22(15)16)25-8-13(23)24-4/h9-10H,5-8H2,1-4H3. The molecule has 3 aromatic rings. The monoisotopic (exact) mass is 390 g/mol. The van der Waals surface area contributed by atoms with Gasteiger partial charge in [-0.2, -0.15) is 0 Å². The third-order valence-electron chi connectivity index (χ3n) is 4.86. The van der Waals surface area contributed by atoms with Gasteiger partial charge in [0.25, 0.3) is 0 Å². The molecule has 0 aromatic carbocycles. The van der Waals surface area contributed by atoms with E-state index in [0.29, 0.717) is 5.16 Å². The Bertz CT molecular complexity index is 992. The summed E-state index contributed by atoms with van der Waals surface area (Å²) < 4.78 is 6.78. The number of thioether (sulfide) groups is 1. The van der Waals surface area contributed by atoms with Crippen LogP contribution in [-0.2, 0) is 22.4 Å². The normalized spacial score (nSPS) is 17.2. The fourth-order valence-corrected chi connectivity index (χ4v) is 5.66. The molecular weight excluding hydrogens is 368 g/mol. The summed E-state index contributed by atoms with van der Waals surface area (Å²) in [5.41, 5.74) is 2.27. The first-order valence-electron chi connectivity index (χ1n) is 8.88. The van der Waals surface area contributed by atoms with Crippen LogP contribution in [-0.4, -0.2) is 38.4 Å². The summed E-state index contributed by atoms with van der Waals surface area (Å²) in [6.45, 7) is 6.56. The summed E-state index contributed by atoms with van der Waals surface area (Å²) in [6, 6.07) is 0. The number of hydrogen-bond donors (Lipinski definition) is 0. The Morgan fingerprint density at radius 1 is 1.42 bits per heavy atom. The Morgan fingerprint density at radius 3 is 2.96 bits per heavy atom. The van der Waals surface area contributed by atoms with Gasteiger partial charge < -0.3 is 4.74 Å². The van der Waals surface area contributed by atoms with Crippen molar-refractivity contribution in [3.63, 3.8) is 0 Å². The number of rotatable bonds is 4. The van der Waals surface area contributed by atoms with E-state index < -0.39 is 0 Å². The maximum atomic E-state index is 11.5. The number of carbonyl (C=O) groups is 1. The lowest BCUT2D eigenvalue weighted by molar-refractivity contribution is -0.137. The molecule has 4 rings (SSSR count). The van der Waals surface area contributed by atoms with Crippen LogP contribution in [0.15, 0.2) is 5.16 Å². The molecule has 1 atom stereocenters. The average Bonchev–Trinajstić information content (AvgIpc) is 3.18. The minimum Gasteiger partial charge on any atom is -0.468 e. The Labute approximate surface area is 160 Å². The van der Waals surface area contributed by atoms with Gasteiger partial charge in [0.05, 0.1) is 18.2 Å². The van der Waals surface area contributed by atoms with Gasteiger partial charge in [0, 0.05) is 10.8 Å². The molecule has 0 radical (unpaired) electrons. The molecule has 0 saturated carbocycles. The van der Waals surface area contributed by atoms with Gasteiger partial charge >= 0.3 is 5.97 Å². The van der Waals surface area contributed by atoms with Crippen molar-refractivity contribution in [2.24, 2.45) is 5.92 Å². The maximum Gasteiger partial charge on any atom is 0.316 e. The van der Waals surface area contributed by atoms with Gasteiger partial charge in [0.15, 0.2) is 10.8 Å². The van der Waals surface area contributed by atoms with Crippen LogP contribution in [0.4, 0.5) is 0 Å². The van der Waals surface area contributed by atoms with Crippen LogP contribution in [0.1, 0.15) is 49.4 Å². The molecule has 26 heavy (non-hydrogen) atoms. The summed E-state index contributed by atoms with van der Waals surface area (Å²) in [6.07, 6.45) is 3.40. The van der Waals surface area contributed by atoms with Crippen LogP contribution in [0.25, 0.3) is 15.9 Å². The Morgan fingerprint density at radius 2 is 2.23 bits per heavy atom. The molecule has 3 heterocycles. The average molecular weight is 391 g/mol. The highest BCUT2D eigenvalue weighted by atomic mass is 32.2. The minimum atomic E-state index is -0.270. The van der Waals surface area contributed by atoms with Crippen molar-refractivity contribution in [2.75, 3.05) is 12.9 Å². The predicted molar refractivity (Wildman–Crippen MR) is 104 cm³/mol. The highest BCUT2D eigenvalue weighted by molar-refractivity contribution is 7.99. The molecule has 3 aromatic heterocycles. The fourth-order valence-electron chi connectivity index (χ4n) is 3.50. The number of hydrogen-bond acceptors (Lipinski definition) is 7. The van der Waals surface area contributed by atoms with Gasteiger partial charge in [-0.1, -0.05) is 32.5 Å². The van der Waals surface area contributed by atoms with Crippen molar-refractivity contribution in [1.29, 1.82) is 0 Å². The smallest absolute Gasteiger partial charge is 0.316 e. The molecule has 6 nitrogen and oxygen atoms in total. The minimum absolute atomic E-state index is 0.214. The van der Waals surface area contributed by atoms with Crippen molar-refractivity contribution in [2.45, 2.75) is 51.1 Å². The molecule has 0 N–H and O–H groups in total. The summed E-state index contributed by atoms with van der Waals surface area (Å²) in [4.78, 5) is 19.0. The molecule has 1 aliphatic carbocycles. The third-order valence-corrected chi connectivity index (χ3v) is 6.91. The predicted octanol–water partition coefficient (Wildman–Crippen LogP) is 3.85. The summed E-state index contributed by atoms with van der Waals surface area (Å²) in [7, 11) is 1.40. The number of nitrogens with zero attached hydrogens (tertiary/aromatic N) is 4. The van der Waals surface area contributed by atoms with Crippen LogP contribution >= 0.6 is 23.1 Å². The fraction of sp³-hybridized carbons (Fsp3) is 0.556. The van der Waals surface area contributed by atoms with Gasteiger partial charge in [-0.15, -0.1) is 21.5 Å². The molecule has 0 bridgehead atoms. The molecule has 0 spiro atoms. The molecule has 138 valence electrons. The van der Waals surface area contributed by atoms with Crippen molar-refractivity contribution in [1.82, 2.24) is 19.6 Å². The van der Waals surface area contributed by atoms with Crippen LogP contribution in [0, 0.1) is 5.92 Å². The molecule has 8 heteroatoms. The summed E-state index contributed by atoms with van der Waals surface area (Å²) >= 11 is 3.16. The van der Waals surface area contributed by atoms with E-state index in [2.05, 4.69) is 31.0 Å². The van der Waals surface area contributed by atoms with Crippen molar-refractivity contribution >= 4 is 44.9 Å². The van der Waals surface area contributed by atoms with Gasteiger partial charge in [0.1, 0.15) is 10.7 Å². The van der Waals surface area contributed by atoms with Crippen molar-refractivity contribution in [3.05, 3.63) is 16.3 Å². The van der Waals surface area contributed by atoms with Gasteiger partial charge in [-0.05, 0) is 30.7 Å². The van der Waals surface area contributed by atoms with Gasteiger partial charge in [0.2, 0.25) is 0 Å². The molecule has 0 fully saturated rings. The number of ether oxygens (including phenoxy) is 1. The zero-order chi connectivity index (χ0) is 18.4. The Balaban J connectivity index is 1.91. The number of methoxy groups -OCH3 is 1. The SMILES string of the molecule is COC(=O)CSc1nnc2c3c4c(sc3nc(C(C)C)n12)CC(C)CC4. The molecule has 1 aliphatic rings. The van der Waals surface area contributed by atoms with Crippen molar-refractivity contribution < 1.29 is 9.53 Å². The van der Waals surface area contributed by atoms with Gasteiger partial charge in [-0.25, -0.2) is 4.98 Å². The molecular formula is C18H22N4O2S2. The number of aromatic nitrogens is 4. The van der Waals surface area contributed by atoms with E-state index in [4.69, 9.17) is 9.72 Å². The van der Waals surface area contributed by atoms with Crippen LogP contribution in [0.3, 0.4) is 0 Å². The molecule has 1 unspecified atom stereocenters.